The quantitative estimate of drug-likeness (QED) is 0.643. The van der Waals surface area contributed by atoms with Crippen molar-refractivity contribution in [1.82, 2.24) is 10.3 Å². The number of halogens is 1. The summed E-state index contributed by atoms with van der Waals surface area (Å²) in [6, 6.07) is 3.47. The highest BCUT2D eigenvalue weighted by Gasteiger charge is 2.18. The topological polar surface area (TPSA) is 51.2 Å². The summed E-state index contributed by atoms with van der Waals surface area (Å²) in [5, 5.41) is 3.81. The summed E-state index contributed by atoms with van der Waals surface area (Å²) in [4.78, 5) is 15.8. The lowest BCUT2D eigenvalue weighted by atomic mass is 10.3. The minimum absolute atomic E-state index is 0.227. The number of ether oxygens (including phenoxy) is 1. The largest absolute Gasteiger partial charge is 0.465 e. The van der Waals surface area contributed by atoms with Gasteiger partial charge in [-0.2, -0.15) is 0 Å². The molecule has 0 bridgehead atoms. The van der Waals surface area contributed by atoms with Crippen LogP contribution in [0.5, 0.6) is 0 Å². The third-order valence-corrected chi connectivity index (χ3v) is 4.03. The van der Waals surface area contributed by atoms with Gasteiger partial charge in [0.05, 0.1) is 6.61 Å². The fraction of sp³-hybridized carbons (Fsp3) is 0.455. The Labute approximate surface area is 114 Å². The van der Waals surface area contributed by atoms with Gasteiger partial charge in [0.25, 0.3) is 0 Å². The van der Waals surface area contributed by atoms with E-state index in [1.54, 1.807) is 20.2 Å². The van der Waals surface area contributed by atoms with Gasteiger partial charge in [-0.05, 0) is 42.0 Å². The van der Waals surface area contributed by atoms with Crippen LogP contribution in [0.3, 0.4) is 0 Å². The normalized spacial score (nSPS) is 12.2. The van der Waals surface area contributed by atoms with Gasteiger partial charge in [-0.25, -0.2) is 4.98 Å². The van der Waals surface area contributed by atoms with Crippen LogP contribution in [-0.2, 0) is 9.53 Å². The zero-order chi connectivity index (χ0) is 12.7. The predicted molar refractivity (Wildman–Crippen MR) is 72.1 cm³/mol. The van der Waals surface area contributed by atoms with E-state index in [4.69, 9.17) is 4.74 Å². The summed E-state index contributed by atoms with van der Waals surface area (Å²) >= 11 is 4.93. The molecule has 94 valence electrons. The van der Waals surface area contributed by atoms with Crippen molar-refractivity contribution in [2.24, 2.45) is 0 Å². The number of nitrogens with one attached hydrogen (secondary N) is 1. The molecule has 0 saturated carbocycles. The van der Waals surface area contributed by atoms with E-state index in [1.165, 1.54) is 11.8 Å². The summed E-state index contributed by atoms with van der Waals surface area (Å²) in [6.45, 7) is 2.20. The maximum Gasteiger partial charge on any atom is 0.323 e. The van der Waals surface area contributed by atoms with E-state index in [0.717, 1.165) is 9.50 Å². The highest BCUT2D eigenvalue weighted by molar-refractivity contribution is 9.10. The molecule has 1 unspecified atom stereocenters. The molecule has 1 N–H and O–H groups in total. The molecular weight excluding hydrogens is 304 g/mol. The van der Waals surface area contributed by atoms with Gasteiger partial charge in [0.15, 0.2) is 0 Å². The standard InChI is InChI=1S/C11H15BrN2O2S/c1-3-16-11(15)9(13-2)7-17-10-8(12)5-4-6-14-10/h4-6,9,13H,3,7H2,1-2H3. The van der Waals surface area contributed by atoms with E-state index < -0.39 is 0 Å². The first-order valence-corrected chi connectivity index (χ1v) is 7.04. The number of likely N-dealkylation sites (N-methyl/N-ethyl adjacent to an activating group) is 1. The van der Waals surface area contributed by atoms with Gasteiger partial charge in [0.1, 0.15) is 11.1 Å². The lowest BCUT2D eigenvalue weighted by molar-refractivity contribution is -0.144. The van der Waals surface area contributed by atoms with Crippen molar-refractivity contribution < 1.29 is 9.53 Å². The number of rotatable bonds is 6. The molecule has 0 aliphatic heterocycles. The van der Waals surface area contributed by atoms with Crippen molar-refractivity contribution in [3.05, 3.63) is 22.8 Å². The van der Waals surface area contributed by atoms with Crippen LogP contribution in [0, 0.1) is 0 Å². The predicted octanol–water partition coefficient (Wildman–Crippen LogP) is 2.09. The maximum atomic E-state index is 11.6. The molecule has 0 spiro atoms. The molecule has 1 atom stereocenters. The fourth-order valence-corrected chi connectivity index (χ4v) is 2.72. The molecule has 1 heterocycles. The van der Waals surface area contributed by atoms with Gasteiger partial charge in [-0.15, -0.1) is 11.8 Å². The molecular formula is C11H15BrN2O2S. The molecule has 1 aromatic rings. The molecule has 0 amide bonds. The van der Waals surface area contributed by atoms with Crippen molar-refractivity contribution in [1.29, 1.82) is 0 Å². The van der Waals surface area contributed by atoms with Crippen LogP contribution in [0.2, 0.25) is 0 Å². The average Bonchev–Trinajstić information content (AvgIpc) is 2.32. The van der Waals surface area contributed by atoms with Gasteiger partial charge >= 0.3 is 5.97 Å². The lowest BCUT2D eigenvalue weighted by Gasteiger charge is -2.14. The van der Waals surface area contributed by atoms with Gasteiger partial charge in [-0.1, -0.05) is 0 Å². The lowest BCUT2D eigenvalue weighted by Crippen LogP contribution is -2.37. The monoisotopic (exact) mass is 318 g/mol. The van der Waals surface area contributed by atoms with Crippen LogP contribution in [0.15, 0.2) is 27.8 Å². The molecule has 0 radical (unpaired) electrons. The van der Waals surface area contributed by atoms with Gasteiger partial charge in [0.2, 0.25) is 0 Å². The highest BCUT2D eigenvalue weighted by Crippen LogP contribution is 2.25. The van der Waals surface area contributed by atoms with Crippen molar-refractivity contribution in [3.63, 3.8) is 0 Å². The molecule has 1 aromatic heterocycles. The molecule has 0 aliphatic rings. The summed E-state index contributed by atoms with van der Waals surface area (Å²) in [7, 11) is 1.75. The Kier molecular flexibility index (Phi) is 6.54. The van der Waals surface area contributed by atoms with Crippen LogP contribution in [0.25, 0.3) is 0 Å². The molecule has 0 fully saturated rings. The van der Waals surface area contributed by atoms with Crippen LogP contribution in [-0.4, -0.2) is 36.4 Å². The molecule has 0 aliphatic carbocycles. The van der Waals surface area contributed by atoms with Crippen LogP contribution >= 0.6 is 27.7 Å². The van der Waals surface area contributed by atoms with Crippen molar-refractivity contribution in [2.75, 3.05) is 19.4 Å². The summed E-state index contributed by atoms with van der Waals surface area (Å²) in [6.07, 6.45) is 1.73. The number of hydrogen-bond acceptors (Lipinski definition) is 5. The smallest absolute Gasteiger partial charge is 0.323 e. The fourth-order valence-electron chi connectivity index (χ4n) is 1.15. The van der Waals surface area contributed by atoms with E-state index in [2.05, 4.69) is 26.2 Å². The van der Waals surface area contributed by atoms with E-state index in [9.17, 15) is 4.79 Å². The number of thioether (sulfide) groups is 1. The zero-order valence-electron chi connectivity index (χ0n) is 9.77. The summed E-state index contributed by atoms with van der Waals surface area (Å²) in [5.74, 6) is 0.361. The minimum atomic E-state index is -0.311. The second kappa shape index (κ2) is 7.68. The number of aromatic nitrogens is 1. The Balaban J connectivity index is 2.53. The molecule has 17 heavy (non-hydrogen) atoms. The Morgan fingerprint density at radius 3 is 3.06 bits per heavy atom. The van der Waals surface area contributed by atoms with E-state index in [1.807, 2.05) is 12.1 Å². The molecule has 6 heteroatoms. The Bertz CT molecular complexity index is 376. The van der Waals surface area contributed by atoms with Gasteiger partial charge in [0, 0.05) is 16.4 Å². The van der Waals surface area contributed by atoms with Crippen molar-refractivity contribution in [2.45, 2.75) is 18.0 Å². The molecule has 1 rings (SSSR count). The Morgan fingerprint density at radius 2 is 2.47 bits per heavy atom. The van der Waals surface area contributed by atoms with Crippen LogP contribution in [0.1, 0.15) is 6.92 Å². The number of hydrogen-bond donors (Lipinski definition) is 1. The number of carbonyl (C=O) groups is 1. The maximum absolute atomic E-state index is 11.6. The number of esters is 1. The summed E-state index contributed by atoms with van der Waals surface area (Å²) in [5.41, 5.74) is 0. The molecule has 0 saturated heterocycles. The SMILES string of the molecule is CCOC(=O)C(CSc1ncccc1Br)NC. The average molecular weight is 319 g/mol. The first kappa shape index (κ1) is 14.5. The van der Waals surface area contributed by atoms with Gasteiger partial charge < -0.3 is 10.1 Å². The number of carbonyl (C=O) groups excluding carboxylic acids is 1. The summed E-state index contributed by atoms with van der Waals surface area (Å²) < 4.78 is 5.90. The van der Waals surface area contributed by atoms with E-state index in [-0.39, 0.29) is 12.0 Å². The van der Waals surface area contributed by atoms with Gasteiger partial charge in [-0.3, -0.25) is 4.79 Å². The van der Waals surface area contributed by atoms with Crippen LogP contribution in [0.4, 0.5) is 0 Å². The van der Waals surface area contributed by atoms with Crippen molar-refractivity contribution in [3.8, 4) is 0 Å². The second-order valence-corrected chi connectivity index (χ2v) is 5.06. The second-order valence-electron chi connectivity index (χ2n) is 3.19. The number of pyridine rings is 1. The van der Waals surface area contributed by atoms with Crippen molar-refractivity contribution >= 4 is 33.7 Å². The third-order valence-electron chi connectivity index (χ3n) is 2.03. The Hall–Kier alpha value is -0.590. The Morgan fingerprint density at radius 1 is 1.71 bits per heavy atom. The minimum Gasteiger partial charge on any atom is -0.465 e. The van der Waals surface area contributed by atoms with E-state index in [0.29, 0.717) is 12.4 Å². The first-order valence-electron chi connectivity index (χ1n) is 5.26. The molecule has 0 aromatic carbocycles. The highest BCUT2D eigenvalue weighted by atomic mass is 79.9. The van der Waals surface area contributed by atoms with E-state index >= 15 is 0 Å². The zero-order valence-corrected chi connectivity index (χ0v) is 12.2. The third kappa shape index (κ3) is 4.65. The van der Waals surface area contributed by atoms with Crippen LogP contribution < -0.4 is 5.32 Å². The first-order chi connectivity index (χ1) is 8.19. The number of nitrogens with zero attached hydrogens (tertiary/aromatic N) is 1. The molecule has 4 nitrogen and oxygen atoms in total.